The fourth-order valence-electron chi connectivity index (χ4n) is 1.42. The molecule has 0 aliphatic rings. The maximum atomic E-state index is 11.5. The summed E-state index contributed by atoms with van der Waals surface area (Å²) in [6.45, 7) is 8.17. The summed E-state index contributed by atoms with van der Waals surface area (Å²) in [7, 11) is 0. The third-order valence-corrected chi connectivity index (χ3v) is 2.88. The highest BCUT2D eigenvalue weighted by molar-refractivity contribution is 5.92. The van der Waals surface area contributed by atoms with Crippen molar-refractivity contribution >= 4 is 11.6 Å². The van der Waals surface area contributed by atoms with Crippen LogP contribution in [-0.4, -0.2) is 5.91 Å². The molecule has 1 aromatic rings. The zero-order valence-corrected chi connectivity index (χ0v) is 10.6. The number of nitrogens with one attached hydrogen (secondary N) is 1. The number of amides is 1. The number of hydrogen-bond acceptors (Lipinski definition) is 1. The number of anilines is 1. The molecule has 0 aromatic heterocycles. The van der Waals surface area contributed by atoms with Crippen molar-refractivity contribution in [3.05, 3.63) is 29.8 Å². The first-order valence-electron chi connectivity index (χ1n) is 5.95. The molecule has 0 saturated heterocycles. The minimum atomic E-state index is 0.0224. The van der Waals surface area contributed by atoms with Crippen molar-refractivity contribution in [3.8, 4) is 0 Å². The van der Waals surface area contributed by atoms with Crippen molar-refractivity contribution in [2.75, 3.05) is 5.32 Å². The summed E-state index contributed by atoms with van der Waals surface area (Å²) in [5.74, 6) is 0.667. The summed E-state index contributed by atoms with van der Waals surface area (Å²) in [5, 5.41) is 2.89. The lowest BCUT2D eigenvalue weighted by atomic mass is 9.98. The first-order chi connectivity index (χ1) is 7.54. The van der Waals surface area contributed by atoms with E-state index in [0.717, 1.165) is 12.1 Å². The molecule has 1 amide bonds. The monoisotopic (exact) mass is 219 g/mol. The molecule has 0 radical (unpaired) electrons. The Kier molecular flexibility index (Phi) is 4.53. The first-order valence-corrected chi connectivity index (χ1v) is 5.95. The normalized spacial score (nSPS) is 12.6. The number of carbonyl (C=O) groups excluding carboxylic acids is 1. The second-order valence-corrected chi connectivity index (χ2v) is 4.58. The average Bonchev–Trinajstić information content (AvgIpc) is 2.28. The molecule has 16 heavy (non-hydrogen) atoms. The molecule has 0 saturated carbocycles. The first kappa shape index (κ1) is 12.8. The molecule has 2 nitrogen and oxygen atoms in total. The van der Waals surface area contributed by atoms with Crippen LogP contribution in [0.4, 0.5) is 5.69 Å². The van der Waals surface area contributed by atoms with Crippen LogP contribution in [0.15, 0.2) is 24.3 Å². The highest BCUT2D eigenvalue weighted by Crippen LogP contribution is 2.20. The van der Waals surface area contributed by atoms with Crippen LogP contribution in [0, 0.1) is 5.92 Å². The van der Waals surface area contributed by atoms with Gasteiger partial charge in [0.1, 0.15) is 0 Å². The molecule has 0 aliphatic carbocycles. The van der Waals surface area contributed by atoms with Gasteiger partial charge in [-0.3, -0.25) is 4.79 Å². The molecule has 0 fully saturated rings. The SMILES string of the molecule is CC[C@@H](C)c1ccc(NC(=O)C(C)C)cc1. The maximum Gasteiger partial charge on any atom is 0.226 e. The van der Waals surface area contributed by atoms with Gasteiger partial charge in [-0.25, -0.2) is 0 Å². The van der Waals surface area contributed by atoms with Crippen molar-refractivity contribution in [1.82, 2.24) is 0 Å². The Morgan fingerprint density at radius 1 is 1.19 bits per heavy atom. The highest BCUT2D eigenvalue weighted by Gasteiger charge is 2.07. The smallest absolute Gasteiger partial charge is 0.226 e. The Hall–Kier alpha value is -1.31. The molecule has 2 heteroatoms. The van der Waals surface area contributed by atoms with Gasteiger partial charge in [0.25, 0.3) is 0 Å². The zero-order valence-electron chi connectivity index (χ0n) is 10.6. The van der Waals surface area contributed by atoms with Crippen LogP contribution in [0.2, 0.25) is 0 Å². The fraction of sp³-hybridized carbons (Fsp3) is 0.500. The predicted molar refractivity (Wildman–Crippen MR) is 68.6 cm³/mol. The van der Waals surface area contributed by atoms with Gasteiger partial charge in [0.15, 0.2) is 0 Å². The standard InChI is InChI=1S/C14H21NO/c1-5-11(4)12-6-8-13(9-7-12)15-14(16)10(2)3/h6-11H,5H2,1-4H3,(H,15,16)/t11-/m1/s1. The molecule has 1 N–H and O–H groups in total. The van der Waals surface area contributed by atoms with Crippen LogP contribution in [0.25, 0.3) is 0 Å². The molecule has 0 bridgehead atoms. The van der Waals surface area contributed by atoms with Crippen molar-refractivity contribution in [2.45, 2.75) is 40.0 Å². The van der Waals surface area contributed by atoms with Gasteiger partial charge in [0, 0.05) is 11.6 Å². The summed E-state index contributed by atoms with van der Waals surface area (Å²) < 4.78 is 0. The van der Waals surface area contributed by atoms with Gasteiger partial charge in [-0.2, -0.15) is 0 Å². The van der Waals surface area contributed by atoms with E-state index in [1.165, 1.54) is 5.56 Å². The van der Waals surface area contributed by atoms with Gasteiger partial charge in [0.05, 0.1) is 0 Å². The summed E-state index contributed by atoms with van der Waals surface area (Å²) in [6, 6.07) is 8.12. The highest BCUT2D eigenvalue weighted by atomic mass is 16.1. The van der Waals surface area contributed by atoms with Crippen LogP contribution in [0.3, 0.4) is 0 Å². The van der Waals surface area contributed by atoms with Crippen LogP contribution in [0.5, 0.6) is 0 Å². The Labute approximate surface area is 98.1 Å². The van der Waals surface area contributed by atoms with Gasteiger partial charge in [-0.1, -0.05) is 39.8 Å². The Morgan fingerprint density at radius 3 is 2.19 bits per heavy atom. The number of hydrogen-bond donors (Lipinski definition) is 1. The summed E-state index contributed by atoms with van der Waals surface area (Å²) >= 11 is 0. The molecule has 0 heterocycles. The molecule has 0 aliphatic heterocycles. The van der Waals surface area contributed by atoms with Crippen molar-refractivity contribution < 1.29 is 4.79 Å². The molecule has 1 atom stereocenters. The van der Waals surface area contributed by atoms with Gasteiger partial charge < -0.3 is 5.32 Å². The second kappa shape index (κ2) is 5.69. The molecule has 88 valence electrons. The Morgan fingerprint density at radius 2 is 1.75 bits per heavy atom. The van der Waals surface area contributed by atoms with Gasteiger partial charge in [-0.05, 0) is 30.0 Å². The molecule has 1 aromatic carbocycles. The lowest BCUT2D eigenvalue weighted by Gasteiger charge is -2.11. The van der Waals surface area contributed by atoms with Crippen LogP contribution < -0.4 is 5.32 Å². The average molecular weight is 219 g/mol. The van der Waals surface area contributed by atoms with Crippen molar-refractivity contribution in [3.63, 3.8) is 0 Å². The summed E-state index contributed by atoms with van der Waals surface area (Å²) in [4.78, 5) is 11.5. The second-order valence-electron chi connectivity index (χ2n) is 4.58. The largest absolute Gasteiger partial charge is 0.326 e. The number of benzene rings is 1. The van der Waals surface area contributed by atoms with E-state index in [4.69, 9.17) is 0 Å². The molecular formula is C14H21NO. The molecular weight excluding hydrogens is 198 g/mol. The minimum Gasteiger partial charge on any atom is -0.326 e. The van der Waals surface area contributed by atoms with Gasteiger partial charge in [-0.15, -0.1) is 0 Å². The maximum absolute atomic E-state index is 11.5. The van der Waals surface area contributed by atoms with Crippen molar-refractivity contribution in [2.24, 2.45) is 5.92 Å². The molecule has 0 spiro atoms. The van der Waals surface area contributed by atoms with E-state index >= 15 is 0 Å². The van der Waals surface area contributed by atoms with Crippen LogP contribution in [0.1, 0.15) is 45.6 Å². The number of rotatable bonds is 4. The zero-order chi connectivity index (χ0) is 12.1. The van der Waals surface area contributed by atoms with Crippen LogP contribution >= 0.6 is 0 Å². The van der Waals surface area contributed by atoms with Crippen LogP contribution in [-0.2, 0) is 4.79 Å². The van der Waals surface area contributed by atoms with E-state index < -0.39 is 0 Å². The lowest BCUT2D eigenvalue weighted by Crippen LogP contribution is -2.17. The van der Waals surface area contributed by atoms with E-state index in [-0.39, 0.29) is 11.8 Å². The topological polar surface area (TPSA) is 29.1 Å². The third kappa shape index (κ3) is 3.37. The Balaban J connectivity index is 2.68. The van der Waals surface area contributed by atoms with E-state index in [0.29, 0.717) is 5.92 Å². The van der Waals surface area contributed by atoms with E-state index in [9.17, 15) is 4.79 Å². The van der Waals surface area contributed by atoms with E-state index in [1.807, 2.05) is 26.0 Å². The number of carbonyl (C=O) groups is 1. The summed E-state index contributed by atoms with van der Waals surface area (Å²) in [5.41, 5.74) is 2.20. The summed E-state index contributed by atoms with van der Waals surface area (Å²) in [6.07, 6.45) is 1.14. The molecule has 0 unspecified atom stereocenters. The quantitative estimate of drug-likeness (QED) is 0.820. The van der Waals surface area contributed by atoms with Gasteiger partial charge >= 0.3 is 0 Å². The fourth-order valence-corrected chi connectivity index (χ4v) is 1.42. The minimum absolute atomic E-state index is 0.0224. The lowest BCUT2D eigenvalue weighted by molar-refractivity contribution is -0.118. The third-order valence-electron chi connectivity index (χ3n) is 2.88. The Bertz CT molecular complexity index is 340. The van der Waals surface area contributed by atoms with Gasteiger partial charge in [0.2, 0.25) is 5.91 Å². The van der Waals surface area contributed by atoms with E-state index in [2.05, 4.69) is 31.3 Å². The molecule has 1 rings (SSSR count). The predicted octanol–water partition coefficient (Wildman–Crippen LogP) is 3.79. The van der Waals surface area contributed by atoms with Crippen molar-refractivity contribution in [1.29, 1.82) is 0 Å². The van der Waals surface area contributed by atoms with E-state index in [1.54, 1.807) is 0 Å².